The summed E-state index contributed by atoms with van der Waals surface area (Å²) >= 11 is 3.44. The number of rotatable bonds is 6. The van der Waals surface area contributed by atoms with E-state index < -0.39 is 5.79 Å². The molecule has 3 saturated heterocycles. The maximum Gasteiger partial charge on any atom is 0.163 e. The van der Waals surface area contributed by atoms with Gasteiger partial charge in [0.25, 0.3) is 0 Å². The van der Waals surface area contributed by atoms with Crippen molar-refractivity contribution in [3.8, 4) is 5.75 Å². The standard InChI is InChI=1S/C22H31BBrFO3/c1-22(2)26-14-21(28-22)20(27-19-9-7-16(25)13-18(19)24)10-8-17-15-5-3-11-23(17)12-4-6-15/h7,9,13,15,17,20-21H,3-6,8,10-12,14H2,1-2H3. The van der Waals surface area contributed by atoms with Crippen LogP contribution in [-0.2, 0) is 9.47 Å². The molecule has 3 aliphatic rings. The smallest absolute Gasteiger partial charge is 0.163 e. The van der Waals surface area contributed by atoms with Crippen molar-refractivity contribution in [3.05, 3.63) is 28.5 Å². The highest BCUT2D eigenvalue weighted by Gasteiger charge is 2.42. The quantitative estimate of drug-likeness (QED) is 0.471. The average Bonchev–Trinajstić information content (AvgIpc) is 2.99. The van der Waals surface area contributed by atoms with Crippen LogP contribution < -0.4 is 4.74 Å². The van der Waals surface area contributed by atoms with Crippen LogP contribution in [0.1, 0.15) is 52.4 Å². The fourth-order valence-corrected chi connectivity index (χ4v) is 6.04. The Morgan fingerprint density at radius 2 is 2.04 bits per heavy atom. The van der Waals surface area contributed by atoms with E-state index in [4.69, 9.17) is 14.2 Å². The zero-order chi connectivity index (χ0) is 19.7. The van der Waals surface area contributed by atoms with E-state index in [1.807, 2.05) is 13.8 Å². The molecule has 0 aliphatic carbocycles. The Hall–Kier alpha value is -0.585. The maximum absolute atomic E-state index is 13.5. The van der Waals surface area contributed by atoms with Gasteiger partial charge in [-0.05, 0) is 60.3 Å². The summed E-state index contributed by atoms with van der Waals surface area (Å²) in [6, 6.07) is 4.59. The summed E-state index contributed by atoms with van der Waals surface area (Å²) in [4.78, 5) is 0. The molecule has 1 aromatic carbocycles. The Kier molecular flexibility index (Phi) is 6.39. The molecule has 2 bridgehead atoms. The van der Waals surface area contributed by atoms with Crippen molar-refractivity contribution in [3.63, 3.8) is 0 Å². The second kappa shape index (κ2) is 8.65. The van der Waals surface area contributed by atoms with Gasteiger partial charge in [0.15, 0.2) is 5.79 Å². The molecule has 0 amide bonds. The van der Waals surface area contributed by atoms with Gasteiger partial charge in [-0.25, -0.2) is 4.39 Å². The number of hydrogen-bond donors (Lipinski definition) is 0. The SMILES string of the molecule is CC1(C)OCC(C(CCC2B3CCCC2CCC3)Oc2ccc(F)cc2Br)O1. The second-order valence-electron chi connectivity index (χ2n) is 9.22. The molecule has 3 fully saturated rings. The highest BCUT2D eigenvalue weighted by atomic mass is 79.9. The van der Waals surface area contributed by atoms with Gasteiger partial charge in [0, 0.05) is 0 Å². The van der Waals surface area contributed by atoms with Crippen molar-refractivity contribution in [1.29, 1.82) is 0 Å². The third-order valence-corrected chi connectivity index (χ3v) is 7.53. The molecule has 154 valence electrons. The van der Waals surface area contributed by atoms with Crippen LogP contribution in [0.3, 0.4) is 0 Å². The van der Waals surface area contributed by atoms with Gasteiger partial charge in [-0.2, -0.15) is 0 Å². The lowest BCUT2D eigenvalue weighted by atomic mass is 9.28. The Balaban J connectivity index is 1.46. The molecule has 3 atom stereocenters. The van der Waals surface area contributed by atoms with Gasteiger partial charge in [-0.3, -0.25) is 0 Å². The van der Waals surface area contributed by atoms with Crippen LogP contribution in [-0.4, -0.2) is 31.3 Å². The Morgan fingerprint density at radius 1 is 1.29 bits per heavy atom. The third kappa shape index (κ3) is 4.76. The molecule has 0 aromatic heterocycles. The van der Waals surface area contributed by atoms with Gasteiger partial charge in [0.1, 0.15) is 30.5 Å². The molecule has 3 aliphatic heterocycles. The van der Waals surface area contributed by atoms with Gasteiger partial charge in [-0.15, -0.1) is 0 Å². The minimum atomic E-state index is -0.576. The van der Waals surface area contributed by atoms with Crippen LogP contribution in [0.4, 0.5) is 4.39 Å². The predicted octanol–water partition coefficient (Wildman–Crippen LogP) is 6.34. The maximum atomic E-state index is 13.5. The number of benzene rings is 1. The zero-order valence-electron chi connectivity index (χ0n) is 17.0. The summed E-state index contributed by atoms with van der Waals surface area (Å²) in [5, 5.41) is 0. The molecular weight excluding hydrogens is 422 g/mol. The second-order valence-corrected chi connectivity index (χ2v) is 10.1. The highest BCUT2D eigenvalue weighted by Crippen LogP contribution is 2.47. The number of ether oxygens (including phenoxy) is 3. The topological polar surface area (TPSA) is 27.7 Å². The molecule has 28 heavy (non-hydrogen) atoms. The minimum Gasteiger partial charge on any atom is -0.486 e. The first-order valence-electron chi connectivity index (χ1n) is 10.8. The summed E-state index contributed by atoms with van der Waals surface area (Å²) in [7, 11) is 0. The van der Waals surface area contributed by atoms with Crippen LogP contribution in [0.5, 0.6) is 5.75 Å². The van der Waals surface area contributed by atoms with Gasteiger partial charge < -0.3 is 14.2 Å². The molecule has 0 spiro atoms. The van der Waals surface area contributed by atoms with Crippen LogP contribution >= 0.6 is 15.9 Å². The molecule has 3 unspecified atom stereocenters. The lowest BCUT2D eigenvalue weighted by Gasteiger charge is -2.41. The summed E-state index contributed by atoms with van der Waals surface area (Å²) in [6.07, 6.45) is 10.3. The molecule has 4 rings (SSSR count). The molecule has 0 N–H and O–H groups in total. The summed E-state index contributed by atoms with van der Waals surface area (Å²) < 4.78 is 32.5. The first kappa shape index (κ1) is 20.7. The number of fused-ring (bicyclic) bond motifs is 2. The average molecular weight is 453 g/mol. The van der Waals surface area contributed by atoms with Crippen LogP contribution in [0.25, 0.3) is 0 Å². The zero-order valence-corrected chi connectivity index (χ0v) is 18.5. The molecule has 1 aromatic rings. The number of halogens is 2. The van der Waals surface area contributed by atoms with Crippen molar-refractivity contribution in [2.75, 3.05) is 6.61 Å². The summed E-state index contributed by atoms with van der Waals surface area (Å²) in [5.41, 5.74) is 0. The third-order valence-electron chi connectivity index (χ3n) is 6.91. The van der Waals surface area contributed by atoms with E-state index in [1.165, 1.54) is 56.9 Å². The van der Waals surface area contributed by atoms with Crippen LogP contribution in [0.15, 0.2) is 22.7 Å². The fourth-order valence-electron chi connectivity index (χ4n) is 5.60. The van der Waals surface area contributed by atoms with E-state index >= 15 is 0 Å². The molecular formula is C22H31BBrFO3. The van der Waals surface area contributed by atoms with E-state index in [0.717, 1.165) is 24.9 Å². The predicted molar refractivity (Wildman–Crippen MR) is 114 cm³/mol. The Labute approximate surface area is 176 Å². The van der Waals surface area contributed by atoms with Gasteiger partial charge in [-0.1, -0.05) is 50.6 Å². The first-order chi connectivity index (χ1) is 13.4. The van der Waals surface area contributed by atoms with E-state index in [1.54, 1.807) is 6.07 Å². The van der Waals surface area contributed by atoms with Crippen molar-refractivity contribution >= 4 is 22.6 Å². The highest BCUT2D eigenvalue weighted by molar-refractivity contribution is 9.10. The largest absolute Gasteiger partial charge is 0.486 e. The fraction of sp³-hybridized carbons (Fsp3) is 0.727. The van der Waals surface area contributed by atoms with E-state index in [2.05, 4.69) is 15.9 Å². The summed E-state index contributed by atoms with van der Waals surface area (Å²) in [6.45, 7) is 5.32. The van der Waals surface area contributed by atoms with Crippen molar-refractivity contribution in [2.24, 2.45) is 5.92 Å². The lowest BCUT2D eigenvalue weighted by molar-refractivity contribution is -0.149. The normalized spacial score (nSPS) is 30.3. The Morgan fingerprint density at radius 3 is 2.64 bits per heavy atom. The minimum absolute atomic E-state index is 0.0915. The molecule has 0 saturated carbocycles. The van der Waals surface area contributed by atoms with Gasteiger partial charge in [0.2, 0.25) is 0 Å². The lowest BCUT2D eigenvalue weighted by Crippen LogP contribution is -2.39. The van der Waals surface area contributed by atoms with Gasteiger partial charge >= 0.3 is 0 Å². The summed E-state index contributed by atoms with van der Waals surface area (Å²) in [5.74, 6) is 1.53. The van der Waals surface area contributed by atoms with E-state index in [9.17, 15) is 4.39 Å². The van der Waals surface area contributed by atoms with Crippen molar-refractivity contribution in [1.82, 2.24) is 0 Å². The van der Waals surface area contributed by atoms with E-state index in [0.29, 0.717) is 16.8 Å². The molecule has 3 heterocycles. The number of hydrogen-bond acceptors (Lipinski definition) is 3. The van der Waals surface area contributed by atoms with Crippen molar-refractivity contribution in [2.45, 2.75) is 88.8 Å². The molecule has 0 radical (unpaired) electrons. The molecule has 6 heteroatoms. The molecule has 3 nitrogen and oxygen atoms in total. The van der Waals surface area contributed by atoms with Crippen LogP contribution in [0.2, 0.25) is 18.5 Å². The first-order valence-corrected chi connectivity index (χ1v) is 11.6. The Bertz CT molecular complexity index is 664. The van der Waals surface area contributed by atoms with Crippen LogP contribution in [0, 0.1) is 11.7 Å². The van der Waals surface area contributed by atoms with Gasteiger partial charge in [0.05, 0.1) is 11.1 Å². The van der Waals surface area contributed by atoms with E-state index in [-0.39, 0.29) is 18.0 Å². The monoisotopic (exact) mass is 452 g/mol. The van der Waals surface area contributed by atoms with Crippen molar-refractivity contribution < 1.29 is 18.6 Å².